The van der Waals surface area contributed by atoms with Crippen LogP contribution in [0.25, 0.3) is 0 Å². The summed E-state index contributed by atoms with van der Waals surface area (Å²) in [6, 6.07) is 1.29. The fourth-order valence-electron chi connectivity index (χ4n) is 2.45. The summed E-state index contributed by atoms with van der Waals surface area (Å²) in [6.45, 7) is 5.92. The zero-order chi connectivity index (χ0) is 18.0. The average Bonchev–Trinajstić information content (AvgIpc) is 2.54. The normalized spacial score (nSPS) is 17.2. The lowest BCUT2D eigenvalue weighted by molar-refractivity contribution is -0.137. The molecule has 1 aliphatic heterocycles. The van der Waals surface area contributed by atoms with Gasteiger partial charge in [0, 0.05) is 33.0 Å². The van der Waals surface area contributed by atoms with Crippen LogP contribution in [0.15, 0.2) is 17.1 Å². The van der Waals surface area contributed by atoms with E-state index in [1.807, 2.05) is 6.92 Å². The minimum Gasteiger partial charge on any atom is -0.420 e. The molecule has 1 amide bonds. The third-order valence-corrected chi connectivity index (χ3v) is 4.04. The molecule has 2 heterocycles. The maximum Gasteiger partial charge on any atom is 0.313 e. The van der Waals surface area contributed by atoms with Gasteiger partial charge in [0.15, 0.2) is 5.69 Å². The second-order valence-corrected chi connectivity index (χ2v) is 5.97. The number of aromatic nitrogens is 1. The molecule has 24 heavy (non-hydrogen) atoms. The Labute approximate surface area is 140 Å². The Kier molecular flexibility index (Phi) is 5.28. The molecule has 0 fully saturated rings. The van der Waals surface area contributed by atoms with Crippen molar-refractivity contribution < 1.29 is 19.1 Å². The van der Waals surface area contributed by atoms with E-state index in [1.54, 1.807) is 42.6 Å². The minimum atomic E-state index is -0.557. The molecule has 1 atom stereocenters. The largest absolute Gasteiger partial charge is 0.420 e. The predicted octanol–water partition coefficient (Wildman–Crippen LogP) is 0.426. The van der Waals surface area contributed by atoms with Gasteiger partial charge < -0.3 is 14.4 Å². The van der Waals surface area contributed by atoms with E-state index in [0.29, 0.717) is 13.2 Å². The molecule has 132 valence electrons. The van der Waals surface area contributed by atoms with Crippen molar-refractivity contribution >= 4 is 11.9 Å². The smallest absolute Gasteiger partial charge is 0.313 e. The Morgan fingerprint density at radius 1 is 1.33 bits per heavy atom. The quantitative estimate of drug-likeness (QED) is 0.725. The van der Waals surface area contributed by atoms with E-state index < -0.39 is 17.3 Å². The number of ether oxygens (including phenoxy) is 2. The minimum absolute atomic E-state index is 0.0493. The van der Waals surface area contributed by atoms with Crippen molar-refractivity contribution in [3.63, 3.8) is 0 Å². The average molecular weight is 337 g/mol. The van der Waals surface area contributed by atoms with Crippen LogP contribution < -0.4 is 15.2 Å². The summed E-state index contributed by atoms with van der Waals surface area (Å²) < 4.78 is 11.8. The number of methoxy groups -OCH3 is 1. The van der Waals surface area contributed by atoms with Gasteiger partial charge in [-0.15, -0.1) is 0 Å². The molecular formula is C16H23N3O5. The van der Waals surface area contributed by atoms with E-state index in [9.17, 15) is 14.4 Å². The molecule has 0 bridgehead atoms. The highest BCUT2D eigenvalue weighted by Gasteiger charge is 2.36. The molecule has 0 aromatic carbocycles. The van der Waals surface area contributed by atoms with Gasteiger partial charge in [-0.05, 0) is 6.92 Å². The Balaban J connectivity index is 2.53. The van der Waals surface area contributed by atoms with E-state index in [0.717, 1.165) is 0 Å². The Bertz CT molecular complexity index is 697. The summed E-state index contributed by atoms with van der Waals surface area (Å²) >= 11 is 0. The highest BCUT2D eigenvalue weighted by atomic mass is 16.5. The molecule has 0 spiro atoms. The molecular weight excluding hydrogens is 314 g/mol. The molecule has 8 heteroatoms. The van der Waals surface area contributed by atoms with E-state index in [4.69, 9.17) is 9.47 Å². The summed E-state index contributed by atoms with van der Waals surface area (Å²) in [7, 11) is 3.34. The number of fused-ring (bicyclic) bond motifs is 1. The van der Waals surface area contributed by atoms with Gasteiger partial charge in [0.1, 0.15) is 6.17 Å². The van der Waals surface area contributed by atoms with E-state index in [1.165, 1.54) is 12.3 Å². The Hall–Kier alpha value is -2.35. The number of hydrogen-bond acceptors (Lipinski definition) is 6. The summed E-state index contributed by atoms with van der Waals surface area (Å²) in [5.74, 6) is -1.58. The summed E-state index contributed by atoms with van der Waals surface area (Å²) in [6.07, 6.45) is 1.27. The highest BCUT2D eigenvalue weighted by Crippen LogP contribution is 2.24. The van der Waals surface area contributed by atoms with Gasteiger partial charge in [0.2, 0.25) is 11.2 Å². The molecule has 0 unspecified atom stereocenters. The first-order chi connectivity index (χ1) is 11.3. The predicted molar refractivity (Wildman–Crippen MR) is 87.7 cm³/mol. The van der Waals surface area contributed by atoms with Crippen LogP contribution in [0, 0.1) is 5.92 Å². The maximum atomic E-state index is 12.9. The molecule has 2 rings (SSSR count). The lowest BCUT2D eigenvalue weighted by Gasteiger charge is -2.43. The standard InChI is InChI=1S/C16H23N3O5/c1-10(2)16(22)24-14-12(20)6-7-19-13(14)15(21)18(8-9-23-5)11(3)17(19)4/h6-7,10-11H,8-9H2,1-5H3/t11-/m0/s1. The second-order valence-electron chi connectivity index (χ2n) is 5.97. The number of nitrogens with zero attached hydrogens (tertiary/aromatic N) is 3. The van der Waals surface area contributed by atoms with Gasteiger partial charge in [-0.1, -0.05) is 13.8 Å². The molecule has 1 aromatic heterocycles. The van der Waals surface area contributed by atoms with E-state index >= 15 is 0 Å². The molecule has 0 radical (unpaired) electrons. The fraction of sp³-hybridized carbons (Fsp3) is 0.562. The molecule has 0 saturated carbocycles. The number of hydrogen-bond donors (Lipinski definition) is 0. The van der Waals surface area contributed by atoms with Crippen molar-refractivity contribution in [2.75, 3.05) is 32.3 Å². The van der Waals surface area contributed by atoms with Gasteiger partial charge in [0.25, 0.3) is 5.91 Å². The third-order valence-electron chi connectivity index (χ3n) is 4.04. The number of carbonyl (C=O) groups excluding carboxylic acids is 2. The first-order valence-corrected chi connectivity index (χ1v) is 7.80. The lowest BCUT2D eigenvalue weighted by atomic mass is 10.2. The van der Waals surface area contributed by atoms with E-state index in [2.05, 4.69) is 0 Å². The number of esters is 1. The zero-order valence-electron chi connectivity index (χ0n) is 14.6. The molecule has 1 aromatic rings. The number of amides is 1. The summed E-state index contributed by atoms with van der Waals surface area (Å²) in [5, 5.41) is 1.79. The zero-order valence-corrected chi connectivity index (χ0v) is 14.6. The lowest BCUT2D eigenvalue weighted by Crippen LogP contribution is -2.59. The molecule has 0 N–H and O–H groups in total. The highest BCUT2D eigenvalue weighted by molar-refractivity contribution is 5.97. The van der Waals surface area contributed by atoms with Gasteiger partial charge in [0.05, 0.1) is 12.5 Å². The van der Waals surface area contributed by atoms with Crippen LogP contribution in [-0.2, 0) is 9.53 Å². The van der Waals surface area contributed by atoms with Crippen LogP contribution in [0.1, 0.15) is 31.3 Å². The van der Waals surface area contributed by atoms with Crippen LogP contribution >= 0.6 is 0 Å². The summed E-state index contributed by atoms with van der Waals surface area (Å²) in [5.41, 5.74) is -0.452. The number of carbonyl (C=O) groups is 2. The molecule has 8 nitrogen and oxygen atoms in total. The van der Waals surface area contributed by atoms with E-state index in [-0.39, 0.29) is 23.5 Å². The van der Waals surface area contributed by atoms with Gasteiger partial charge in [-0.25, -0.2) is 0 Å². The molecule has 0 aliphatic carbocycles. The first-order valence-electron chi connectivity index (χ1n) is 7.80. The van der Waals surface area contributed by atoms with Crippen LogP contribution in [0.2, 0.25) is 0 Å². The fourth-order valence-corrected chi connectivity index (χ4v) is 2.45. The van der Waals surface area contributed by atoms with Crippen molar-refractivity contribution in [1.82, 2.24) is 9.58 Å². The number of rotatable bonds is 5. The van der Waals surface area contributed by atoms with Crippen molar-refractivity contribution in [2.45, 2.75) is 26.9 Å². The van der Waals surface area contributed by atoms with Crippen LogP contribution in [-0.4, -0.2) is 54.9 Å². The molecule has 1 aliphatic rings. The Morgan fingerprint density at radius 2 is 2.00 bits per heavy atom. The maximum absolute atomic E-state index is 12.9. The third kappa shape index (κ3) is 3.14. The first kappa shape index (κ1) is 18.0. The van der Waals surface area contributed by atoms with Gasteiger partial charge in [-0.2, -0.15) is 0 Å². The van der Waals surface area contributed by atoms with Crippen LogP contribution in [0.5, 0.6) is 5.75 Å². The second kappa shape index (κ2) is 7.04. The summed E-state index contributed by atoms with van der Waals surface area (Å²) in [4.78, 5) is 38.6. The van der Waals surface area contributed by atoms with Crippen molar-refractivity contribution in [2.24, 2.45) is 5.92 Å². The topological polar surface area (TPSA) is 81.1 Å². The molecule has 0 saturated heterocycles. The van der Waals surface area contributed by atoms with Crippen molar-refractivity contribution in [3.8, 4) is 5.75 Å². The van der Waals surface area contributed by atoms with Crippen molar-refractivity contribution in [1.29, 1.82) is 0 Å². The van der Waals surface area contributed by atoms with Gasteiger partial charge in [-0.3, -0.25) is 24.1 Å². The van der Waals surface area contributed by atoms with Crippen molar-refractivity contribution in [3.05, 3.63) is 28.2 Å². The monoisotopic (exact) mass is 337 g/mol. The SMILES string of the molecule is COCCN1C(=O)c2c(OC(=O)C(C)C)c(=O)ccn2N(C)[C@@H]1C. The van der Waals surface area contributed by atoms with Crippen LogP contribution in [0.4, 0.5) is 0 Å². The number of pyridine rings is 1. The van der Waals surface area contributed by atoms with Gasteiger partial charge >= 0.3 is 5.97 Å². The van der Waals surface area contributed by atoms with Crippen LogP contribution in [0.3, 0.4) is 0 Å². The Morgan fingerprint density at radius 3 is 2.58 bits per heavy atom.